The molecular formula is C18H16FN3O3S. The number of carboxylic acid groups (broad SMARTS) is 1. The maximum Gasteiger partial charge on any atom is 0.343 e. The minimum Gasteiger partial charge on any atom is -0.479 e. The van der Waals surface area contributed by atoms with Crippen molar-refractivity contribution in [3.8, 4) is 5.69 Å². The average molecular weight is 373 g/mol. The number of carbonyl (C=O) groups is 2. The molecule has 4 rings (SSSR count). The number of aryl methyl sites for hydroxylation is 1. The summed E-state index contributed by atoms with van der Waals surface area (Å²) in [7, 11) is 0. The SMILES string of the molecule is Cc1nn(-c2ccccc2)c2sc(C(=O)N3CCC(F)(C(=O)O)C3)cc12. The number of amides is 1. The Morgan fingerprint density at radius 3 is 2.69 bits per heavy atom. The summed E-state index contributed by atoms with van der Waals surface area (Å²) >= 11 is 1.28. The van der Waals surface area contributed by atoms with Crippen LogP contribution < -0.4 is 0 Å². The Hall–Kier alpha value is -2.74. The van der Waals surface area contributed by atoms with Gasteiger partial charge in [-0.2, -0.15) is 5.10 Å². The lowest BCUT2D eigenvalue weighted by molar-refractivity contribution is -0.149. The average Bonchev–Trinajstić information content (AvgIpc) is 3.31. The number of fused-ring (bicyclic) bond motifs is 1. The van der Waals surface area contributed by atoms with E-state index in [0.29, 0.717) is 4.88 Å². The van der Waals surface area contributed by atoms with Crippen molar-refractivity contribution in [1.82, 2.24) is 14.7 Å². The fourth-order valence-electron chi connectivity index (χ4n) is 3.17. The molecule has 134 valence electrons. The lowest BCUT2D eigenvalue weighted by Crippen LogP contribution is -2.38. The number of likely N-dealkylation sites (tertiary alicyclic amines) is 1. The van der Waals surface area contributed by atoms with E-state index in [1.807, 2.05) is 37.3 Å². The number of benzene rings is 1. The van der Waals surface area contributed by atoms with Crippen LogP contribution in [0.1, 0.15) is 21.8 Å². The van der Waals surface area contributed by atoms with Gasteiger partial charge in [-0.15, -0.1) is 11.3 Å². The minimum atomic E-state index is -2.36. The van der Waals surface area contributed by atoms with Gasteiger partial charge in [0.1, 0.15) is 4.83 Å². The van der Waals surface area contributed by atoms with Crippen molar-refractivity contribution >= 4 is 33.4 Å². The van der Waals surface area contributed by atoms with E-state index >= 15 is 0 Å². The molecule has 1 atom stereocenters. The molecule has 0 spiro atoms. The Bertz CT molecular complexity index is 1010. The number of hydrogen-bond donors (Lipinski definition) is 1. The first-order valence-corrected chi connectivity index (χ1v) is 8.97. The van der Waals surface area contributed by atoms with E-state index in [-0.39, 0.29) is 18.9 Å². The van der Waals surface area contributed by atoms with E-state index in [9.17, 15) is 14.0 Å². The van der Waals surface area contributed by atoms with Crippen LogP contribution in [0.25, 0.3) is 15.9 Å². The number of carbonyl (C=O) groups excluding carboxylic acids is 1. The predicted octanol–water partition coefficient (Wildman–Crippen LogP) is 3.03. The molecule has 26 heavy (non-hydrogen) atoms. The van der Waals surface area contributed by atoms with Crippen molar-refractivity contribution in [3.63, 3.8) is 0 Å². The molecule has 1 amide bonds. The standard InChI is InChI=1S/C18H16FN3O3S/c1-11-13-9-14(15(23)21-8-7-18(19,10-21)17(24)25)26-16(13)22(20-11)12-5-3-2-4-6-12/h2-6,9H,7-8,10H2,1H3,(H,24,25). The number of rotatable bonds is 3. The molecule has 3 heterocycles. The quantitative estimate of drug-likeness (QED) is 0.766. The minimum absolute atomic E-state index is 0.0969. The molecule has 1 aromatic carbocycles. The summed E-state index contributed by atoms with van der Waals surface area (Å²) in [5.74, 6) is -1.86. The fourth-order valence-corrected chi connectivity index (χ4v) is 4.32. The van der Waals surface area contributed by atoms with Crippen molar-refractivity contribution in [2.75, 3.05) is 13.1 Å². The molecule has 1 unspecified atom stereocenters. The number of alkyl halides is 1. The zero-order valence-electron chi connectivity index (χ0n) is 14.0. The summed E-state index contributed by atoms with van der Waals surface area (Å²) < 4.78 is 16.0. The lowest BCUT2D eigenvalue weighted by atomic mass is 10.1. The van der Waals surface area contributed by atoms with Crippen molar-refractivity contribution in [2.45, 2.75) is 19.0 Å². The van der Waals surface area contributed by atoms with E-state index in [0.717, 1.165) is 21.6 Å². The Morgan fingerprint density at radius 2 is 2.04 bits per heavy atom. The highest BCUT2D eigenvalue weighted by atomic mass is 32.1. The molecule has 0 saturated carbocycles. The van der Waals surface area contributed by atoms with Crippen molar-refractivity contribution in [2.24, 2.45) is 0 Å². The van der Waals surface area contributed by atoms with Gasteiger partial charge in [0, 0.05) is 18.4 Å². The van der Waals surface area contributed by atoms with Crippen LogP contribution in [0.5, 0.6) is 0 Å². The lowest BCUT2D eigenvalue weighted by Gasteiger charge is -2.16. The van der Waals surface area contributed by atoms with E-state index in [1.165, 1.54) is 16.2 Å². The van der Waals surface area contributed by atoms with Crippen molar-refractivity contribution < 1.29 is 19.1 Å². The molecule has 8 heteroatoms. The third-order valence-electron chi connectivity index (χ3n) is 4.65. The molecule has 1 aliphatic heterocycles. The molecule has 1 fully saturated rings. The number of para-hydroxylation sites is 1. The van der Waals surface area contributed by atoms with Crippen LogP contribution in [0.3, 0.4) is 0 Å². The molecule has 1 aliphatic rings. The summed E-state index contributed by atoms with van der Waals surface area (Å²) in [6.07, 6.45) is -0.185. The fraction of sp³-hybridized carbons (Fsp3) is 0.278. The van der Waals surface area contributed by atoms with Crippen LogP contribution in [0.2, 0.25) is 0 Å². The van der Waals surface area contributed by atoms with Crippen molar-refractivity contribution in [3.05, 3.63) is 47.0 Å². The third kappa shape index (κ3) is 2.57. The number of halogens is 1. The number of aliphatic carboxylic acids is 1. The zero-order chi connectivity index (χ0) is 18.5. The Kier molecular flexibility index (Phi) is 3.80. The van der Waals surface area contributed by atoms with Gasteiger partial charge in [-0.05, 0) is 25.1 Å². The van der Waals surface area contributed by atoms with E-state index in [1.54, 1.807) is 10.7 Å². The Labute approximate surface area is 152 Å². The molecule has 3 aromatic rings. The first kappa shape index (κ1) is 16.7. The molecule has 0 bridgehead atoms. The number of thiophene rings is 1. The summed E-state index contributed by atoms with van der Waals surface area (Å²) in [5, 5.41) is 14.4. The summed E-state index contributed by atoms with van der Waals surface area (Å²) in [6, 6.07) is 11.3. The second kappa shape index (κ2) is 5.91. The highest BCUT2D eigenvalue weighted by molar-refractivity contribution is 7.20. The van der Waals surface area contributed by atoms with Gasteiger partial charge in [0.25, 0.3) is 5.91 Å². The second-order valence-electron chi connectivity index (χ2n) is 6.41. The van der Waals surface area contributed by atoms with Crippen LogP contribution in [0, 0.1) is 6.92 Å². The van der Waals surface area contributed by atoms with Gasteiger partial charge in [-0.25, -0.2) is 13.9 Å². The zero-order valence-corrected chi connectivity index (χ0v) is 14.8. The molecule has 1 saturated heterocycles. The van der Waals surface area contributed by atoms with Gasteiger partial charge in [0.2, 0.25) is 5.67 Å². The summed E-state index contributed by atoms with van der Waals surface area (Å²) in [4.78, 5) is 26.3. The Balaban J connectivity index is 1.68. The van der Waals surface area contributed by atoms with Crippen molar-refractivity contribution in [1.29, 1.82) is 0 Å². The first-order chi connectivity index (χ1) is 12.4. The monoisotopic (exact) mass is 373 g/mol. The maximum atomic E-state index is 14.3. The largest absolute Gasteiger partial charge is 0.479 e. The van der Waals surface area contributed by atoms with E-state index < -0.39 is 18.2 Å². The second-order valence-corrected chi connectivity index (χ2v) is 7.44. The summed E-state index contributed by atoms with van der Waals surface area (Å²) in [5.41, 5.74) is -0.671. The molecule has 6 nitrogen and oxygen atoms in total. The van der Waals surface area contributed by atoms with Gasteiger partial charge in [0.15, 0.2) is 0 Å². The number of carboxylic acids is 1. The van der Waals surface area contributed by atoms with Gasteiger partial charge in [-0.3, -0.25) is 4.79 Å². The van der Waals surface area contributed by atoms with Gasteiger partial charge in [-0.1, -0.05) is 18.2 Å². The normalized spacial score (nSPS) is 20.0. The molecule has 0 aliphatic carbocycles. The van der Waals surface area contributed by atoms with Gasteiger partial charge < -0.3 is 10.0 Å². The Morgan fingerprint density at radius 1 is 1.31 bits per heavy atom. The predicted molar refractivity (Wildman–Crippen MR) is 95.7 cm³/mol. The van der Waals surface area contributed by atoms with Gasteiger partial charge in [0.05, 0.1) is 22.8 Å². The van der Waals surface area contributed by atoms with E-state index in [4.69, 9.17) is 5.11 Å². The molecular weight excluding hydrogens is 357 g/mol. The van der Waals surface area contributed by atoms with Crippen LogP contribution >= 0.6 is 11.3 Å². The first-order valence-electron chi connectivity index (χ1n) is 8.15. The molecule has 0 radical (unpaired) electrons. The van der Waals surface area contributed by atoms with E-state index in [2.05, 4.69) is 5.10 Å². The van der Waals surface area contributed by atoms with Crippen LogP contribution in [-0.4, -0.2) is 50.4 Å². The number of nitrogens with zero attached hydrogens (tertiary/aromatic N) is 3. The topological polar surface area (TPSA) is 75.4 Å². The number of hydrogen-bond acceptors (Lipinski definition) is 4. The highest BCUT2D eigenvalue weighted by Crippen LogP contribution is 2.33. The summed E-state index contributed by atoms with van der Waals surface area (Å²) in [6.45, 7) is 1.55. The van der Waals surface area contributed by atoms with Gasteiger partial charge >= 0.3 is 5.97 Å². The third-order valence-corrected chi connectivity index (χ3v) is 5.74. The molecule has 1 N–H and O–H groups in total. The molecule has 2 aromatic heterocycles. The highest BCUT2D eigenvalue weighted by Gasteiger charge is 2.47. The number of aromatic nitrogens is 2. The van der Waals surface area contributed by atoms with Crippen LogP contribution in [0.15, 0.2) is 36.4 Å². The smallest absolute Gasteiger partial charge is 0.343 e. The maximum absolute atomic E-state index is 14.3. The van der Waals surface area contributed by atoms with Crippen LogP contribution in [-0.2, 0) is 4.79 Å². The van der Waals surface area contributed by atoms with Crippen LogP contribution in [0.4, 0.5) is 4.39 Å².